The Bertz CT molecular complexity index is 681. The van der Waals surface area contributed by atoms with Gasteiger partial charge in [-0.25, -0.2) is 0 Å². The summed E-state index contributed by atoms with van der Waals surface area (Å²) in [6.45, 7) is 0.430. The number of nitrogens with one attached hydrogen (secondary N) is 1. The molecular weight excluding hydrogens is 319 g/mol. The fourth-order valence-electron chi connectivity index (χ4n) is 2.31. The van der Waals surface area contributed by atoms with Crippen molar-refractivity contribution in [2.45, 2.75) is 19.0 Å². The van der Waals surface area contributed by atoms with E-state index >= 15 is 0 Å². The van der Waals surface area contributed by atoms with E-state index in [0.717, 1.165) is 23.4 Å². The van der Waals surface area contributed by atoms with E-state index in [1.54, 1.807) is 7.11 Å². The maximum Gasteiger partial charge on any atom is 0.416 e. The summed E-state index contributed by atoms with van der Waals surface area (Å²) in [7, 11) is 1.59. The summed E-state index contributed by atoms with van der Waals surface area (Å²) in [4.78, 5) is 11.9. The summed E-state index contributed by atoms with van der Waals surface area (Å²) in [6.07, 6.45) is -3.71. The topological polar surface area (TPSA) is 38.3 Å². The number of hydrogen-bond donors (Lipinski definition) is 1. The van der Waals surface area contributed by atoms with Gasteiger partial charge in [-0.15, -0.1) is 0 Å². The highest BCUT2D eigenvalue weighted by Crippen LogP contribution is 2.29. The van der Waals surface area contributed by atoms with Gasteiger partial charge in [-0.05, 0) is 35.7 Å². The van der Waals surface area contributed by atoms with E-state index in [1.807, 2.05) is 24.3 Å². The van der Waals surface area contributed by atoms with Crippen molar-refractivity contribution in [3.8, 4) is 5.75 Å². The van der Waals surface area contributed by atoms with Crippen molar-refractivity contribution in [1.82, 2.24) is 5.32 Å². The van der Waals surface area contributed by atoms with Crippen LogP contribution in [0.2, 0.25) is 0 Å². The summed E-state index contributed by atoms with van der Waals surface area (Å²) < 4.78 is 42.7. The summed E-state index contributed by atoms with van der Waals surface area (Å²) in [6, 6.07) is 12.1. The first kappa shape index (κ1) is 17.8. The van der Waals surface area contributed by atoms with Gasteiger partial charge in [-0.3, -0.25) is 4.79 Å². The Morgan fingerprint density at radius 1 is 1.08 bits per heavy atom. The Kier molecular flexibility index (Phi) is 5.84. The van der Waals surface area contributed by atoms with Gasteiger partial charge in [0.25, 0.3) is 0 Å². The number of halogens is 3. The summed E-state index contributed by atoms with van der Waals surface area (Å²) in [5.74, 6) is 0.527. The predicted molar refractivity (Wildman–Crippen MR) is 84.9 cm³/mol. The van der Waals surface area contributed by atoms with E-state index in [2.05, 4.69) is 5.32 Å². The molecule has 0 aliphatic carbocycles. The summed E-state index contributed by atoms with van der Waals surface area (Å²) >= 11 is 0. The van der Waals surface area contributed by atoms with Crippen LogP contribution in [0.3, 0.4) is 0 Å². The van der Waals surface area contributed by atoms with Crippen LogP contribution in [0.4, 0.5) is 13.2 Å². The van der Waals surface area contributed by atoms with Gasteiger partial charge in [-0.2, -0.15) is 13.2 Å². The third-order valence-electron chi connectivity index (χ3n) is 3.55. The molecule has 0 bridgehead atoms. The van der Waals surface area contributed by atoms with Crippen LogP contribution < -0.4 is 10.1 Å². The maximum atomic E-state index is 12.5. The standard InChI is InChI=1S/C18H18F3NO2/c1-24-16-5-3-2-4-14(16)10-11-22-17(23)12-13-6-8-15(9-7-13)18(19,20)21/h2-9H,10-12H2,1H3,(H,22,23). The molecule has 128 valence electrons. The van der Waals surface area contributed by atoms with Crippen LogP contribution in [0.15, 0.2) is 48.5 Å². The molecule has 0 saturated heterocycles. The van der Waals surface area contributed by atoms with Crippen LogP contribution >= 0.6 is 0 Å². The molecule has 3 nitrogen and oxygen atoms in total. The number of para-hydroxylation sites is 1. The van der Waals surface area contributed by atoms with Crippen LogP contribution in [-0.2, 0) is 23.8 Å². The molecule has 0 radical (unpaired) electrons. The molecule has 24 heavy (non-hydrogen) atoms. The Hall–Kier alpha value is -2.50. The molecular formula is C18H18F3NO2. The van der Waals surface area contributed by atoms with Gasteiger partial charge in [0.15, 0.2) is 0 Å². The van der Waals surface area contributed by atoms with Crippen LogP contribution in [0.25, 0.3) is 0 Å². The number of amides is 1. The highest BCUT2D eigenvalue weighted by molar-refractivity contribution is 5.78. The predicted octanol–water partition coefficient (Wildman–Crippen LogP) is 3.62. The van der Waals surface area contributed by atoms with Gasteiger partial charge in [0, 0.05) is 6.54 Å². The molecule has 0 unspecified atom stereocenters. The first-order chi connectivity index (χ1) is 11.4. The van der Waals surface area contributed by atoms with Gasteiger partial charge in [-0.1, -0.05) is 30.3 Å². The van der Waals surface area contributed by atoms with Crippen LogP contribution in [0.5, 0.6) is 5.75 Å². The highest BCUT2D eigenvalue weighted by Gasteiger charge is 2.29. The Morgan fingerprint density at radius 3 is 2.38 bits per heavy atom. The lowest BCUT2D eigenvalue weighted by Crippen LogP contribution is -2.27. The number of benzene rings is 2. The lowest BCUT2D eigenvalue weighted by molar-refractivity contribution is -0.137. The fraction of sp³-hybridized carbons (Fsp3) is 0.278. The molecule has 0 fully saturated rings. The molecule has 0 spiro atoms. The lowest BCUT2D eigenvalue weighted by atomic mass is 10.1. The van der Waals surface area contributed by atoms with E-state index in [1.165, 1.54) is 12.1 Å². The molecule has 0 saturated carbocycles. The van der Waals surface area contributed by atoms with Gasteiger partial charge in [0.1, 0.15) is 5.75 Å². The SMILES string of the molecule is COc1ccccc1CCNC(=O)Cc1ccc(C(F)(F)F)cc1. The number of ether oxygens (including phenoxy) is 1. The molecule has 1 amide bonds. The Labute approximate surface area is 138 Å². The fourth-order valence-corrected chi connectivity index (χ4v) is 2.31. The number of carbonyl (C=O) groups is 1. The Morgan fingerprint density at radius 2 is 1.75 bits per heavy atom. The van der Waals surface area contributed by atoms with Gasteiger partial charge >= 0.3 is 6.18 Å². The lowest BCUT2D eigenvalue weighted by Gasteiger charge is -2.10. The van der Waals surface area contributed by atoms with Crippen LogP contribution in [0.1, 0.15) is 16.7 Å². The first-order valence-corrected chi connectivity index (χ1v) is 7.45. The molecule has 0 aliphatic rings. The van der Waals surface area contributed by atoms with Crippen LogP contribution in [0, 0.1) is 0 Å². The zero-order valence-corrected chi connectivity index (χ0v) is 13.2. The number of methoxy groups -OCH3 is 1. The molecule has 1 N–H and O–H groups in total. The number of rotatable bonds is 6. The quantitative estimate of drug-likeness (QED) is 0.874. The molecule has 0 atom stereocenters. The third-order valence-corrected chi connectivity index (χ3v) is 3.55. The molecule has 0 heterocycles. The number of carbonyl (C=O) groups excluding carboxylic acids is 1. The number of alkyl halides is 3. The monoisotopic (exact) mass is 337 g/mol. The van der Waals surface area contributed by atoms with Gasteiger partial charge in [0.05, 0.1) is 19.1 Å². The van der Waals surface area contributed by atoms with E-state index in [0.29, 0.717) is 18.5 Å². The molecule has 2 rings (SSSR count). The minimum atomic E-state index is -4.37. The Balaban J connectivity index is 1.83. The van der Waals surface area contributed by atoms with Gasteiger partial charge in [0.2, 0.25) is 5.91 Å². The number of hydrogen-bond acceptors (Lipinski definition) is 2. The summed E-state index contributed by atoms with van der Waals surface area (Å²) in [5, 5.41) is 2.76. The van der Waals surface area contributed by atoms with Crippen molar-refractivity contribution in [2.24, 2.45) is 0 Å². The van der Waals surface area contributed by atoms with Crippen LogP contribution in [-0.4, -0.2) is 19.6 Å². The van der Waals surface area contributed by atoms with E-state index in [-0.39, 0.29) is 12.3 Å². The highest BCUT2D eigenvalue weighted by atomic mass is 19.4. The molecule has 0 aliphatic heterocycles. The van der Waals surface area contributed by atoms with Crippen molar-refractivity contribution in [3.05, 3.63) is 65.2 Å². The minimum Gasteiger partial charge on any atom is -0.496 e. The smallest absolute Gasteiger partial charge is 0.416 e. The first-order valence-electron chi connectivity index (χ1n) is 7.45. The zero-order valence-electron chi connectivity index (χ0n) is 13.2. The third kappa shape index (κ3) is 5.01. The van der Waals surface area contributed by atoms with Crippen molar-refractivity contribution in [1.29, 1.82) is 0 Å². The largest absolute Gasteiger partial charge is 0.496 e. The second-order valence-corrected chi connectivity index (χ2v) is 5.28. The average Bonchev–Trinajstić information content (AvgIpc) is 2.55. The second kappa shape index (κ2) is 7.86. The summed E-state index contributed by atoms with van der Waals surface area (Å²) in [5.41, 5.74) is 0.801. The molecule has 2 aromatic carbocycles. The van der Waals surface area contributed by atoms with E-state index < -0.39 is 11.7 Å². The van der Waals surface area contributed by atoms with Crippen molar-refractivity contribution in [2.75, 3.05) is 13.7 Å². The van der Waals surface area contributed by atoms with Crippen molar-refractivity contribution < 1.29 is 22.7 Å². The maximum absolute atomic E-state index is 12.5. The molecule has 2 aromatic rings. The molecule has 6 heteroatoms. The van der Waals surface area contributed by atoms with E-state index in [9.17, 15) is 18.0 Å². The van der Waals surface area contributed by atoms with E-state index in [4.69, 9.17) is 4.74 Å². The second-order valence-electron chi connectivity index (χ2n) is 5.28. The minimum absolute atomic E-state index is 0.0457. The van der Waals surface area contributed by atoms with Crippen molar-refractivity contribution in [3.63, 3.8) is 0 Å². The molecule has 0 aromatic heterocycles. The van der Waals surface area contributed by atoms with Gasteiger partial charge < -0.3 is 10.1 Å². The van der Waals surface area contributed by atoms with Crippen molar-refractivity contribution >= 4 is 5.91 Å². The zero-order chi connectivity index (χ0) is 17.6. The average molecular weight is 337 g/mol. The normalized spacial score (nSPS) is 11.2.